The molecule has 78 valence electrons. The van der Waals surface area contributed by atoms with Crippen LogP contribution in [-0.2, 0) is 0 Å². The van der Waals surface area contributed by atoms with Gasteiger partial charge in [-0.2, -0.15) is 5.26 Å². The smallest absolute Gasteiger partial charge is 0.335 e. The van der Waals surface area contributed by atoms with Crippen molar-refractivity contribution in [2.24, 2.45) is 0 Å². The van der Waals surface area contributed by atoms with E-state index >= 15 is 0 Å². The van der Waals surface area contributed by atoms with Gasteiger partial charge in [-0.05, 0) is 12.1 Å². The maximum absolute atomic E-state index is 13.0. The molecule has 0 fully saturated rings. The maximum Gasteiger partial charge on any atom is 0.335 e. The number of benzene rings is 1. The average Bonchev–Trinajstić information content (AvgIpc) is 2.16. The number of halogens is 3. The molecule has 0 atom stereocenters. The largest absolute Gasteiger partial charge is 0.478 e. The number of rotatable bonds is 2. The van der Waals surface area contributed by atoms with Crippen LogP contribution in [0, 0.1) is 17.1 Å². The summed E-state index contributed by atoms with van der Waals surface area (Å²) in [6, 6.07) is 2.39. The van der Waals surface area contributed by atoms with Gasteiger partial charge in [0.25, 0.3) is 6.43 Å². The van der Waals surface area contributed by atoms with E-state index in [2.05, 4.69) is 0 Å². The van der Waals surface area contributed by atoms with E-state index in [1.807, 2.05) is 0 Å². The van der Waals surface area contributed by atoms with E-state index in [0.29, 0.717) is 12.1 Å². The van der Waals surface area contributed by atoms with Gasteiger partial charge in [-0.15, -0.1) is 0 Å². The lowest BCUT2D eigenvalue weighted by Gasteiger charge is -2.05. The molecule has 0 aliphatic carbocycles. The van der Waals surface area contributed by atoms with Gasteiger partial charge in [-0.25, -0.2) is 18.0 Å². The van der Waals surface area contributed by atoms with E-state index in [1.165, 1.54) is 6.07 Å². The Balaban J connectivity index is 3.47. The first-order valence-corrected chi connectivity index (χ1v) is 3.72. The van der Waals surface area contributed by atoms with Crippen molar-refractivity contribution in [3.05, 3.63) is 34.6 Å². The maximum atomic E-state index is 13.0. The van der Waals surface area contributed by atoms with Gasteiger partial charge in [0.15, 0.2) is 0 Å². The van der Waals surface area contributed by atoms with Crippen LogP contribution in [0.4, 0.5) is 13.2 Å². The molecule has 0 saturated carbocycles. The Labute approximate surface area is 82.4 Å². The molecule has 1 N–H and O–H groups in total. The molecule has 0 saturated heterocycles. The van der Waals surface area contributed by atoms with Crippen molar-refractivity contribution >= 4 is 5.97 Å². The van der Waals surface area contributed by atoms with Crippen LogP contribution in [0.3, 0.4) is 0 Å². The number of aromatic carboxylic acids is 1. The minimum Gasteiger partial charge on any atom is -0.478 e. The summed E-state index contributed by atoms with van der Waals surface area (Å²) in [5.74, 6) is -2.78. The molecule has 1 rings (SSSR count). The van der Waals surface area contributed by atoms with Gasteiger partial charge >= 0.3 is 5.97 Å². The highest BCUT2D eigenvalue weighted by molar-refractivity contribution is 5.88. The van der Waals surface area contributed by atoms with Crippen molar-refractivity contribution < 1.29 is 23.1 Å². The third kappa shape index (κ3) is 2.07. The molecule has 1 aromatic rings. The number of nitrogens with zero attached hydrogens (tertiary/aromatic N) is 1. The van der Waals surface area contributed by atoms with Crippen molar-refractivity contribution in [3.63, 3.8) is 0 Å². The lowest BCUT2D eigenvalue weighted by atomic mass is 10.0. The number of carboxylic acids is 1. The fourth-order valence-electron chi connectivity index (χ4n) is 1.04. The van der Waals surface area contributed by atoms with Crippen molar-refractivity contribution in [2.45, 2.75) is 6.43 Å². The molecule has 0 aliphatic heterocycles. The molecular formula is C9H4F3NO2. The standard InChI is InChI=1S/C9H4F3NO2/c10-7-2-4(9(14)15)1-5(8(11)12)6(7)3-13/h1-2,8H,(H,14,15). The van der Waals surface area contributed by atoms with Crippen molar-refractivity contribution in [1.29, 1.82) is 5.26 Å². The van der Waals surface area contributed by atoms with Crippen molar-refractivity contribution in [1.82, 2.24) is 0 Å². The summed E-state index contributed by atoms with van der Waals surface area (Å²) in [5.41, 5.74) is -2.34. The number of carboxylic acid groups (broad SMARTS) is 1. The van der Waals surface area contributed by atoms with Crippen molar-refractivity contribution in [2.75, 3.05) is 0 Å². The molecule has 0 radical (unpaired) electrons. The minimum atomic E-state index is -3.09. The predicted molar refractivity (Wildman–Crippen MR) is 43.0 cm³/mol. The third-order valence-electron chi connectivity index (χ3n) is 1.71. The number of nitriles is 1. The second-order valence-corrected chi connectivity index (χ2v) is 2.64. The Hall–Kier alpha value is -2.03. The molecule has 1 aromatic carbocycles. The van der Waals surface area contributed by atoms with Crippen LogP contribution in [0.25, 0.3) is 0 Å². The van der Waals surface area contributed by atoms with Gasteiger partial charge < -0.3 is 5.11 Å². The normalized spacial score (nSPS) is 10.1. The van der Waals surface area contributed by atoms with Crippen LogP contribution >= 0.6 is 0 Å². The van der Waals surface area contributed by atoms with Crippen LogP contribution in [0.1, 0.15) is 27.9 Å². The van der Waals surface area contributed by atoms with Gasteiger partial charge in [0.2, 0.25) is 0 Å². The molecule has 0 bridgehead atoms. The monoisotopic (exact) mass is 215 g/mol. The number of alkyl halides is 2. The first-order valence-electron chi connectivity index (χ1n) is 3.72. The van der Waals surface area contributed by atoms with Gasteiger partial charge in [-0.1, -0.05) is 0 Å². The Morgan fingerprint density at radius 3 is 2.47 bits per heavy atom. The molecule has 0 aromatic heterocycles. The van der Waals surface area contributed by atoms with E-state index in [-0.39, 0.29) is 0 Å². The Kier molecular flexibility index (Phi) is 2.95. The molecular weight excluding hydrogens is 211 g/mol. The molecule has 0 aliphatic rings. The second kappa shape index (κ2) is 4.00. The summed E-state index contributed by atoms with van der Waals surface area (Å²) >= 11 is 0. The summed E-state index contributed by atoms with van der Waals surface area (Å²) < 4.78 is 37.7. The summed E-state index contributed by atoms with van der Waals surface area (Å²) in [7, 11) is 0. The Morgan fingerprint density at radius 2 is 2.07 bits per heavy atom. The zero-order valence-corrected chi connectivity index (χ0v) is 7.17. The summed E-state index contributed by atoms with van der Waals surface area (Å²) in [6.45, 7) is 0. The minimum absolute atomic E-state index is 0.534. The number of carbonyl (C=O) groups is 1. The molecule has 0 heterocycles. The fraction of sp³-hybridized carbons (Fsp3) is 0.111. The van der Waals surface area contributed by atoms with Gasteiger partial charge in [0.1, 0.15) is 11.9 Å². The first-order chi connectivity index (χ1) is 6.97. The van der Waals surface area contributed by atoms with E-state index in [9.17, 15) is 18.0 Å². The first kappa shape index (κ1) is 11.0. The van der Waals surface area contributed by atoms with Gasteiger partial charge in [-0.3, -0.25) is 0 Å². The predicted octanol–water partition coefficient (Wildman–Crippen LogP) is 2.33. The van der Waals surface area contributed by atoms with Crippen LogP contribution in [-0.4, -0.2) is 11.1 Å². The topological polar surface area (TPSA) is 61.1 Å². The van der Waals surface area contributed by atoms with E-state index in [1.54, 1.807) is 0 Å². The zero-order valence-electron chi connectivity index (χ0n) is 7.17. The van der Waals surface area contributed by atoms with E-state index in [4.69, 9.17) is 10.4 Å². The molecule has 3 nitrogen and oxygen atoms in total. The van der Waals surface area contributed by atoms with Gasteiger partial charge in [0, 0.05) is 5.56 Å². The lowest BCUT2D eigenvalue weighted by Crippen LogP contribution is -2.03. The fourth-order valence-corrected chi connectivity index (χ4v) is 1.04. The molecule has 0 spiro atoms. The average molecular weight is 215 g/mol. The number of hydrogen-bond acceptors (Lipinski definition) is 2. The SMILES string of the molecule is N#Cc1c(F)cc(C(=O)O)cc1C(F)F. The molecule has 0 unspecified atom stereocenters. The number of hydrogen-bond donors (Lipinski definition) is 1. The summed E-state index contributed by atoms with van der Waals surface area (Å²) in [4.78, 5) is 10.4. The molecule has 15 heavy (non-hydrogen) atoms. The van der Waals surface area contributed by atoms with Crippen LogP contribution < -0.4 is 0 Å². The Morgan fingerprint density at radius 1 is 1.47 bits per heavy atom. The zero-order chi connectivity index (χ0) is 11.6. The summed E-state index contributed by atoms with van der Waals surface area (Å²) in [6.07, 6.45) is -3.09. The summed E-state index contributed by atoms with van der Waals surface area (Å²) in [5, 5.41) is 16.9. The van der Waals surface area contributed by atoms with E-state index in [0.717, 1.165) is 0 Å². The molecule has 6 heteroatoms. The van der Waals surface area contributed by atoms with Crippen LogP contribution in [0.15, 0.2) is 12.1 Å². The Bertz CT molecular complexity index is 451. The van der Waals surface area contributed by atoms with Crippen molar-refractivity contribution in [3.8, 4) is 6.07 Å². The quantitative estimate of drug-likeness (QED) is 0.823. The van der Waals surface area contributed by atoms with Crippen LogP contribution in [0.2, 0.25) is 0 Å². The third-order valence-corrected chi connectivity index (χ3v) is 1.71. The highest BCUT2D eigenvalue weighted by atomic mass is 19.3. The highest BCUT2D eigenvalue weighted by Crippen LogP contribution is 2.25. The van der Waals surface area contributed by atoms with Crippen LogP contribution in [0.5, 0.6) is 0 Å². The lowest BCUT2D eigenvalue weighted by molar-refractivity contribution is 0.0695. The highest BCUT2D eigenvalue weighted by Gasteiger charge is 2.20. The second-order valence-electron chi connectivity index (χ2n) is 2.64. The van der Waals surface area contributed by atoms with Gasteiger partial charge in [0.05, 0.1) is 11.1 Å². The molecule has 0 amide bonds. The van der Waals surface area contributed by atoms with E-state index < -0.39 is 34.9 Å².